The average Bonchev–Trinajstić information content (AvgIpc) is 2.48. The Balaban J connectivity index is 2.40. The molecule has 3 rings (SSSR count). The fourth-order valence-corrected chi connectivity index (χ4v) is 2.54. The summed E-state index contributed by atoms with van der Waals surface area (Å²) in [6, 6.07) is 7.59. The lowest BCUT2D eigenvalue weighted by Crippen LogP contribution is -2.23. The van der Waals surface area contributed by atoms with Crippen LogP contribution < -0.4 is 11.3 Å². The number of hydrogen-bond donors (Lipinski definition) is 1. The van der Waals surface area contributed by atoms with Crippen LogP contribution in [-0.4, -0.2) is 14.5 Å². The largest absolute Gasteiger partial charge is 0.368 e. The topological polar surface area (TPSA) is 73.8 Å². The van der Waals surface area contributed by atoms with Crippen LogP contribution in [-0.2, 0) is 6.54 Å². The van der Waals surface area contributed by atoms with E-state index >= 15 is 0 Å². The maximum Gasteiger partial charge on any atom is 0.260 e. The molecule has 112 valence electrons. The van der Waals surface area contributed by atoms with Gasteiger partial charge in [0, 0.05) is 17.5 Å². The van der Waals surface area contributed by atoms with Crippen molar-refractivity contribution >= 4 is 17.0 Å². The van der Waals surface area contributed by atoms with Gasteiger partial charge in [0.25, 0.3) is 5.56 Å². The van der Waals surface area contributed by atoms with Gasteiger partial charge in [-0.15, -0.1) is 0 Å². The zero-order valence-electron chi connectivity index (χ0n) is 12.3. The first-order valence-electron chi connectivity index (χ1n) is 6.95. The van der Waals surface area contributed by atoms with E-state index in [-0.39, 0.29) is 17.3 Å². The molecule has 5 nitrogen and oxygen atoms in total. The molecule has 0 atom stereocenters. The molecule has 0 fully saturated rings. The molecule has 0 radical (unpaired) electrons. The van der Waals surface area contributed by atoms with Gasteiger partial charge in [0.1, 0.15) is 11.5 Å². The van der Waals surface area contributed by atoms with E-state index in [0.29, 0.717) is 29.0 Å². The number of nitrogen functional groups attached to an aromatic ring is 1. The summed E-state index contributed by atoms with van der Waals surface area (Å²) in [5, 5.41) is 0.759. The van der Waals surface area contributed by atoms with Crippen LogP contribution in [0.4, 0.5) is 10.3 Å². The van der Waals surface area contributed by atoms with E-state index in [1.165, 1.54) is 12.1 Å². The third kappa shape index (κ3) is 2.22. The maximum atomic E-state index is 13.1. The quantitative estimate of drug-likeness (QED) is 0.789. The monoisotopic (exact) mass is 298 g/mol. The van der Waals surface area contributed by atoms with Gasteiger partial charge in [-0.2, -0.15) is 4.98 Å². The predicted octanol–water partition coefficient (Wildman–Crippen LogP) is 2.51. The highest BCUT2D eigenvalue weighted by Crippen LogP contribution is 2.22. The Kier molecular flexibility index (Phi) is 3.36. The van der Waals surface area contributed by atoms with Crippen LogP contribution in [0.25, 0.3) is 22.2 Å². The van der Waals surface area contributed by atoms with Gasteiger partial charge in [-0.05, 0) is 37.6 Å². The second kappa shape index (κ2) is 5.22. The van der Waals surface area contributed by atoms with Crippen LogP contribution in [0.15, 0.2) is 35.1 Å². The molecule has 0 unspecified atom stereocenters. The number of aryl methyl sites for hydroxylation is 2. The highest BCUT2D eigenvalue weighted by Gasteiger charge is 2.14. The van der Waals surface area contributed by atoms with E-state index in [4.69, 9.17) is 5.73 Å². The number of aromatic nitrogens is 3. The van der Waals surface area contributed by atoms with Crippen LogP contribution in [0.2, 0.25) is 0 Å². The molecule has 22 heavy (non-hydrogen) atoms. The summed E-state index contributed by atoms with van der Waals surface area (Å²) in [4.78, 5) is 21.0. The molecular weight excluding hydrogens is 283 g/mol. The van der Waals surface area contributed by atoms with Crippen LogP contribution in [0.1, 0.15) is 12.6 Å². The zero-order valence-corrected chi connectivity index (χ0v) is 12.3. The molecule has 0 bridgehead atoms. The second-order valence-electron chi connectivity index (χ2n) is 5.02. The number of pyridine rings is 1. The number of nitrogens with zero attached hydrogens (tertiary/aromatic N) is 3. The van der Waals surface area contributed by atoms with Crippen molar-refractivity contribution in [3.63, 3.8) is 0 Å². The fraction of sp³-hybridized carbons (Fsp3) is 0.188. The van der Waals surface area contributed by atoms with Crippen molar-refractivity contribution in [1.29, 1.82) is 0 Å². The van der Waals surface area contributed by atoms with Gasteiger partial charge in [-0.1, -0.05) is 12.1 Å². The molecule has 0 aliphatic heterocycles. The summed E-state index contributed by atoms with van der Waals surface area (Å²) in [6.07, 6.45) is 0. The summed E-state index contributed by atoms with van der Waals surface area (Å²) in [5.74, 6) is -0.200. The fourth-order valence-electron chi connectivity index (χ4n) is 2.54. The first-order chi connectivity index (χ1) is 10.5. The Morgan fingerprint density at radius 3 is 2.55 bits per heavy atom. The maximum absolute atomic E-state index is 13.1. The van der Waals surface area contributed by atoms with Crippen molar-refractivity contribution in [2.24, 2.45) is 0 Å². The van der Waals surface area contributed by atoms with E-state index in [9.17, 15) is 9.18 Å². The molecule has 3 aromatic rings. The first kappa shape index (κ1) is 14.2. The predicted molar refractivity (Wildman–Crippen MR) is 84.0 cm³/mol. The molecule has 2 N–H and O–H groups in total. The Hall–Kier alpha value is -2.76. The van der Waals surface area contributed by atoms with Gasteiger partial charge in [0.15, 0.2) is 0 Å². The number of benzene rings is 1. The number of halogens is 1. The van der Waals surface area contributed by atoms with Crippen molar-refractivity contribution < 1.29 is 4.39 Å². The smallest absolute Gasteiger partial charge is 0.260 e. The number of nitrogens with two attached hydrogens (primary N) is 1. The Morgan fingerprint density at radius 2 is 1.91 bits per heavy atom. The lowest BCUT2D eigenvalue weighted by molar-refractivity contribution is 0.628. The molecule has 0 saturated heterocycles. The third-order valence-corrected chi connectivity index (χ3v) is 3.62. The molecule has 0 amide bonds. The molecule has 2 heterocycles. The number of anilines is 1. The van der Waals surface area contributed by atoms with E-state index in [2.05, 4.69) is 9.97 Å². The van der Waals surface area contributed by atoms with E-state index in [1.54, 1.807) is 22.8 Å². The van der Waals surface area contributed by atoms with Gasteiger partial charge >= 0.3 is 0 Å². The minimum Gasteiger partial charge on any atom is -0.368 e. The molecule has 6 heteroatoms. The van der Waals surface area contributed by atoms with E-state index in [0.717, 1.165) is 5.39 Å². The highest BCUT2D eigenvalue weighted by atomic mass is 19.1. The standard InChI is InChI=1S/C16H15FN4O/c1-3-21-14-12(9(2)19-16(18)20-14)8-13(15(21)22)10-4-6-11(17)7-5-10/h4-8H,3H2,1-2H3,(H2,18,19,20). The molecule has 2 aromatic heterocycles. The third-order valence-electron chi connectivity index (χ3n) is 3.62. The summed E-state index contributed by atoms with van der Waals surface area (Å²) >= 11 is 0. The van der Waals surface area contributed by atoms with Gasteiger partial charge in [0.05, 0.1) is 5.69 Å². The van der Waals surface area contributed by atoms with Crippen molar-refractivity contribution in [2.75, 3.05) is 5.73 Å². The van der Waals surface area contributed by atoms with Crippen molar-refractivity contribution in [3.05, 3.63) is 52.2 Å². The number of fused-ring (bicyclic) bond motifs is 1. The molecule has 0 aliphatic carbocycles. The summed E-state index contributed by atoms with van der Waals surface area (Å²) in [7, 11) is 0. The van der Waals surface area contributed by atoms with Crippen LogP contribution in [0.5, 0.6) is 0 Å². The van der Waals surface area contributed by atoms with Crippen LogP contribution >= 0.6 is 0 Å². The Labute approximate surface area is 126 Å². The number of hydrogen-bond acceptors (Lipinski definition) is 4. The SMILES string of the molecule is CCn1c(=O)c(-c2ccc(F)cc2)cc2c(C)nc(N)nc21. The molecule has 0 aliphatic rings. The van der Waals surface area contributed by atoms with Crippen LogP contribution in [0.3, 0.4) is 0 Å². The summed E-state index contributed by atoms with van der Waals surface area (Å²) in [6.45, 7) is 4.14. The second-order valence-corrected chi connectivity index (χ2v) is 5.02. The Morgan fingerprint density at radius 1 is 1.23 bits per heavy atom. The van der Waals surface area contributed by atoms with E-state index in [1.807, 2.05) is 13.8 Å². The van der Waals surface area contributed by atoms with Gasteiger partial charge in [0.2, 0.25) is 5.95 Å². The van der Waals surface area contributed by atoms with Crippen molar-refractivity contribution in [2.45, 2.75) is 20.4 Å². The summed E-state index contributed by atoms with van der Waals surface area (Å²) in [5.41, 5.74) is 7.87. The highest BCUT2D eigenvalue weighted by molar-refractivity contribution is 5.84. The minimum atomic E-state index is -0.340. The normalized spacial score (nSPS) is 11.0. The van der Waals surface area contributed by atoms with Crippen molar-refractivity contribution in [1.82, 2.24) is 14.5 Å². The summed E-state index contributed by atoms with van der Waals surface area (Å²) < 4.78 is 14.6. The van der Waals surface area contributed by atoms with E-state index < -0.39 is 0 Å². The number of rotatable bonds is 2. The van der Waals surface area contributed by atoms with Crippen molar-refractivity contribution in [3.8, 4) is 11.1 Å². The average molecular weight is 298 g/mol. The first-order valence-corrected chi connectivity index (χ1v) is 6.95. The molecule has 0 spiro atoms. The van der Waals surface area contributed by atoms with Gasteiger partial charge in [-0.3, -0.25) is 9.36 Å². The van der Waals surface area contributed by atoms with Gasteiger partial charge in [-0.25, -0.2) is 9.37 Å². The molecular formula is C16H15FN4O. The lowest BCUT2D eigenvalue weighted by atomic mass is 10.1. The van der Waals surface area contributed by atoms with Crippen LogP contribution in [0, 0.1) is 12.7 Å². The minimum absolute atomic E-state index is 0.140. The molecule has 0 saturated carbocycles. The molecule has 1 aromatic carbocycles. The van der Waals surface area contributed by atoms with Gasteiger partial charge < -0.3 is 5.73 Å². The lowest BCUT2D eigenvalue weighted by Gasteiger charge is -2.12. The Bertz CT molecular complexity index is 916. The zero-order chi connectivity index (χ0) is 15.9.